The average Bonchev–Trinajstić information content (AvgIpc) is 3.27. The van der Waals surface area contributed by atoms with Gasteiger partial charge in [-0.05, 0) is 124 Å². The largest absolute Gasteiger partial charge is 0.456 e. The molecule has 3 fully saturated rings. The number of piperidine rings is 1. The summed E-state index contributed by atoms with van der Waals surface area (Å²) in [5.41, 5.74) is 3.36. The van der Waals surface area contributed by atoms with E-state index in [2.05, 4.69) is 74.5 Å². The molecule has 66 heavy (non-hydrogen) atoms. The van der Waals surface area contributed by atoms with Crippen molar-refractivity contribution >= 4 is 31.8 Å². The molecule has 0 aromatic carbocycles. The summed E-state index contributed by atoms with van der Waals surface area (Å²) >= 11 is 0. The first-order valence-electron chi connectivity index (χ1n) is 25.7. The fourth-order valence-electron chi connectivity index (χ4n) is 12.4. The quantitative estimate of drug-likeness (QED) is 0.0863. The highest BCUT2D eigenvalue weighted by atomic mass is 28.4. The summed E-state index contributed by atoms with van der Waals surface area (Å²) in [5, 5.41) is 12.2. The number of allylic oxidation sites excluding steroid dienone is 3. The lowest BCUT2D eigenvalue weighted by Gasteiger charge is -2.47. The number of carbonyl (C=O) groups is 4. The number of cyclic esters (lactones) is 1. The normalized spacial score (nSPS) is 36.5. The number of ether oxygens (including phenoxy) is 5. The van der Waals surface area contributed by atoms with Crippen molar-refractivity contribution in [2.24, 2.45) is 29.6 Å². The molecule has 1 saturated carbocycles. The molecule has 378 valence electrons. The summed E-state index contributed by atoms with van der Waals surface area (Å²) in [6.07, 6.45) is 9.62. The number of esters is 1. The SMILES string of the molecule is CCCC1/C=C(\C)CC(C)CC(OC)C2OC(O)(C(=O)C(=O)N3CCCCC3C(=O)OC(C(C)=CC3CCC(O[Si](C(C)C)(C(C)C)C(C)C)C(OC)C3)C(C)CCC1=O)C(C)CC2OC. The first-order valence-corrected chi connectivity index (χ1v) is 27.8. The van der Waals surface area contributed by atoms with Crippen LogP contribution in [-0.4, -0.2) is 118 Å². The maximum atomic E-state index is 14.6. The van der Waals surface area contributed by atoms with Crippen molar-refractivity contribution in [1.82, 2.24) is 4.90 Å². The second kappa shape index (κ2) is 25.0. The van der Waals surface area contributed by atoms with Crippen LogP contribution in [0.2, 0.25) is 16.6 Å². The van der Waals surface area contributed by atoms with Gasteiger partial charge in [-0.15, -0.1) is 0 Å². The molecule has 0 aromatic rings. The van der Waals surface area contributed by atoms with E-state index in [1.807, 2.05) is 13.8 Å². The third-order valence-corrected chi connectivity index (χ3v) is 22.1. The Kier molecular flexibility index (Phi) is 21.4. The summed E-state index contributed by atoms with van der Waals surface area (Å²) < 4.78 is 38.2. The van der Waals surface area contributed by atoms with Crippen LogP contribution in [0.4, 0.5) is 0 Å². The number of methoxy groups -OCH3 is 3. The first kappa shape index (κ1) is 56.3. The molecule has 0 aromatic heterocycles. The van der Waals surface area contributed by atoms with Crippen molar-refractivity contribution in [2.45, 2.75) is 232 Å². The summed E-state index contributed by atoms with van der Waals surface area (Å²) in [6, 6.07) is -1.04. The number of Topliss-reactive ketones (excluding diaryl/α,β-unsaturated/α-hetero) is 2. The van der Waals surface area contributed by atoms with E-state index >= 15 is 0 Å². The van der Waals surface area contributed by atoms with E-state index in [-0.39, 0.29) is 54.6 Å². The molecule has 1 N–H and O–H groups in total. The van der Waals surface area contributed by atoms with Gasteiger partial charge in [0.2, 0.25) is 14.1 Å². The van der Waals surface area contributed by atoms with Crippen molar-refractivity contribution < 1.29 is 52.4 Å². The van der Waals surface area contributed by atoms with Crippen LogP contribution in [0, 0.1) is 29.6 Å². The fraction of sp³-hybridized carbons (Fsp3) is 0.849. The smallest absolute Gasteiger partial charge is 0.329 e. The van der Waals surface area contributed by atoms with Crippen molar-refractivity contribution in [2.75, 3.05) is 27.9 Å². The van der Waals surface area contributed by atoms with E-state index in [9.17, 15) is 24.3 Å². The molecule has 1 amide bonds. The molecule has 3 heterocycles. The molecule has 2 saturated heterocycles. The van der Waals surface area contributed by atoms with Gasteiger partial charge in [-0.2, -0.15) is 0 Å². The van der Waals surface area contributed by atoms with Crippen LogP contribution in [0.1, 0.15) is 167 Å². The van der Waals surface area contributed by atoms with E-state index in [1.165, 1.54) is 4.90 Å². The van der Waals surface area contributed by atoms with Crippen molar-refractivity contribution in [3.8, 4) is 0 Å². The van der Waals surface area contributed by atoms with Gasteiger partial charge in [0.1, 0.15) is 24.0 Å². The molecule has 13 atom stereocenters. The molecule has 13 unspecified atom stereocenters. The fourth-order valence-corrected chi connectivity index (χ4v) is 18.0. The third kappa shape index (κ3) is 13.1. The Bertz CT molecular complexity index is 1660. The van der Waals surface area contributed by atoms with Crippen LogP contribution in [-0.2, 0) is 47.3 Å². The van der Waals surface area contributed by atoms with E-state index in [0.717, 1.165) is 43.3 Å². The van der Waals surface area contributed by atoms with E-state index in [0.29, 0.717) is 61.6 Å². The highest BCUT2D eigenvalue weighted by molar-refractivity contribution is 6.77. The molecular formula is C53H91NO11Si. The monoisotopic (exact) mass is 946 g/mol. The Morgan fingerprint density at radius 1 is 0.864 bits per heavy atom. The molecule has 4 aliphatic rings. The molecule has 13 heteroatoms. The number of nitrogens with zero attached hydrogens (tertiary/aromatic N) is 1. The lowest BCUT2D eigenvalue weighted by atomic mass is 9.82. The first-order chi connectivity index (χ1) is 31.1. The van der Waals surface area contributed by atoms with Gasteiger partial charge >= 0.3 is 5.97 Å². The maximum absolute atomic E-state index is 14.6. The highest BCUT2D eigenvalue weighted by Crippen LogP contribution is 2.46. The van der Waals surface area contributed by atoms with Gasteiger partial charge in [0.25, 0.3) is 11.7 Å². The van der Waals surface area contributed by atoms with Crippen LogP contribution in [0.15, 0.2) is 23.3 Å². The number of rotatable bonds is 12. The Labute approximate surface area is 400 Å². The van der Waals surface area contributed by atoms with Crippen LogP contribution >= 0.6 is 0 Å². The zero-order valence-electron chi connectivity index (χ0n) is 43.7. The topological polar surface area (TPSA) is 147 Å². The zero-order chi connectivity index (χ0) is 49.3. The van der Waals surface area contributed by atoms with Crippen molar-refractivity contribution in [3.05, 3.63) is 23.3 Å². The van der Waals surface area contributed by atoms with Crippen LogP contribution < -0.4 is 0 Å². The van der Waals surface area contributed by atoms with Gasteiger partial charge in [-0.25, -0.2) is 4.79 Å². The summed E-state index contributed by atoms with van der Waals surface area (Å²) in [5.74, 6) is -5.99. The molecule has 4 rings (SSSR count). The Morgan fingerprint density at radius 2 is 1.48 bits per heavy atom. The minimum atomic E-state index is -2.46. The van der Waals surface area contributed by atoms with Gasteiger partial charge in [0.15, 0.2) is 0 Å². The number of ketones is 2. The predicted octanol–water partition coefficient (Wildman–Crippen LogP) is 10.1. The van der Waals surface area contributed by atoms with Crippen LogP contribution in [0.5, 0.6) is 0 Å². The second-order valence-corrected chi connectivity index (χ2v) is 27.2. The molecule has 0 radical (unpaired) electrons. The lowest BCUT2D eigenvalue weighted by molar-refractivity contribution is -0.302. The molecular weight excluding hydrogens is 855 g/mol. The van der Waals surface area contributed by atoms with Crippen LogP contribution in [0.25, 0.3) is 0 Å². The summed E-state index contributed by atoms with van der Waals surface area (Å²) in [6.45, 7) is 26.0. The Morgan fingerprint density at radius 3 is 2.08 bits per heavy atom. The number of fused-ring (bicyclic) bond motifs is 3. The second-order valence-electron chi connectivity index (χ2n) is 21.8. The van der Waals surface area contributed by atoms with E-state index < -0.39 is 68.1 Å². The zero-order valence-corrected chi connectivity index (χ0v) is 44.7. The van der Waals surface area contributed by atoms with Crippen molar-refractivity contribution in [1.29, 1.82) is 0 Å². The van der Waals surface area contributed by atoms with E-state index in [4.69, 9.17) is 28.1 Å². The summed E-state index contributed by atoms with van der Waals surface area (Å²) in [4.78, 5) is 58.9. The number of hydrogen-bond donors (Lipinski definition) is 1. The average molecular weight is 946 g/mol. The maximum Gasteiger partial charge on any atom is 0.329 e. The number of amides is 1. The molecule has 3 aliphatic heterocycles. The van der Waals surface area contributed by atoms with Gasteiger partial charge < -0.3 is 38.1 Å². The van der Waals surface area contributed by atoms with Gasteiger partial charge in [-0.1, -0.05) is 93.4 Å². The highest BCUT2D eigenvalue weighted by Gasteiger charge is 2.57. The van der Waals surface area contributed by atoms with Crippen LogP contribution in [0.3, 0.4) is 0 Å². The minimum absolute atomic E-state index is 0.000904. The third-order valence-electron chi connectivity index (χ3n) is 16.0. The number of carbonyl (C=O) groups excluding carboxylic acids is 4. The summed E-state index contributed by atoms with van der Waals surface area (Å²) in [7, 11) is 2.76. The number of hydrogen-bond acceptors (Lipinski definition) is 11. The lowest BCUT2D eigenvalue weighted by Crippen LogP contribution is -2.64. The van der Waals surface area contributed by atoms with Gasteiger partial charge in [-0.3, -0.25) is 14.4 Å². The molecule has 12 nitrogen and oxygen atoms in total. The number of aliphatic hydroxyl groups is 1. The Hall–Kier alpha value is -2.26. The van der Waals surface area contributed by atoms with Gasteiger partial charge in [0.05, 0.1) is 24.4 Å². The van der Waals surface area contributed by atoms with Gasteiger partial charge in [0, 0.05) is 46.1 Å². The van der Waals surface area contributed by atoms with Crippen molar-refractivity contribution in [3.63, 3.8) is 0 Å². The molecule has 0 spiro atoms. The standard InChI is InChI=1S/C53H91NO11Si/c1-16-19-41-27-35(8)26-36(9)28-46(61-14)49-47(62-15)30-39(12)53(59,64-49)50(56)51(57)54-25-18-17-20-42(54)52(58)63-48(37(10)21-23-43(41)55)38(11)29-40-22-24-44(45(31-40)60-13)65-66(32(2)3,33(4)5)34(6)7/h27,29,32-34,36-37,39-42,44-49,59H,16-26,28,30-31H2,1-15H3/b35-27+,38-29?. The molecule has 2 bridgehead atoms. The minimum Gasteiger partial charge on any atom is -0.456 e. The molecule has 1 aliphatic carbocycles. The Balaban J connectivity index is 1.73. The predicted molar refractivity (Wildman–Crippen MR) is 261 cm³/mol. The van der Waals surface area contributed by atoms with E-state index in [1.54, 1.807) is 28.3 Å².